The van der Waals surface area contributed by atoms with E-state index >= 15 is 0 Å². The lowest BCUT2D eigenvalue weighted by molar-refractivity contribution is 0.0184. The minimum absolute atomic E-state index is 0.0516. The van der Waals surface area contributed by atoms with Crippen LogP contribution in [0.1, 0.15) is 90.5 Å². The second-order valence-corrected chi connectivity index (χ2v) is 12.4. The zero-order chi connectivity index (χ0) is 28.8. The lowest BCUT2D eigenvalue weighted by Gasteiger charge is -2.27. The van der Waals surface area contributed by atoms with Gasteiger partial charge in [0.2, 0.25) is 0 Å². The highest BCUT2D eigenvalue weighted by atomic mass is 35.5. The summed E-state index contributed by atoms with van der Waals surface area (Å²) in [6.07, 6.45) is 16.6. The van der Waals surface area contributed by atoms with E-state index in [1.165, 1.54) is 6.42 Å². The van der Waals surface area contributed by atoms with Crippen molar-refractivity contribution in [1.29, 1.82) is 0 Å². The number of carbonyl (C=O) groups is 2. The molecule has 0 radical (unpaired) electrons. The van der Waals surface area contributed by atoms with Crippen LogP contribution in [0.5, 0.6) is 0 Å². The maximum Gasteiger partial charge on any atom is 0.185 e. The Hall–Kier alpha value is -3.01. The molecule has 214 valence electrons. The van der Waals surface area contributed by atoms with Crippen molar-refractivity contribution in [2.45, 2.75) is 77.2 Å². The van der Waals surface area contributed by atoms with E-state index in [1.807, 2.05) is 37.3 Å². The Morgan fingerprint density at radius 2 is 1.71 bits per heavy atom. The van der Waals surface area contributed by atoms with Crippen LogP contribution in [0.25, 0.3) is 23.4 Å². The van der Waals surface area contributed by atoms with Gasteiger partial charge in [-0.15, -0.1) is 0 Å². The topological polar surface area (TPSA) is 43.4 Å². The van der Waals surface area contributed by atoms with E-state index < -0.39 is 0 Å². The molecule has 4 heteroatoms. The first-order valence-electron chi connectivity index (χ1n) is 15.2. The average molecular weight is 569 g/mol. The van der Waals surface area contributed by atoms with Gasteiger partial charge in [-0.25, -0.2) is 0 Å². The number of Topliss-reactive ketones (excluding diaryl/α,β-unsaturated/α-hetero) is 1. The highest BCUT2D eigenvalue weighted by Gasteiger charge is 2.23. The molecule has 1 aliphatic heterocycles. The van der Waals surface area contributed by atoms with Crippen LogP contribution in [0.4, 0.5) is 0 Å². The Bertz CT molecular complexity index is 1520. The molecule has 5 rings (SSSR count). The molecule has 0 amide bonds. The molecule has 2 fully saturated rings. The van der Waals surface area contributed by atoms with Crippen molar-refractivity contribution in [3.8, 4) is 0 Å². The SMILES string of the molecule is C=c1cc2ccc(C(=O)/C=C/CC3CCCCO3)c(C)c2cc1=CCC1CCC(CC(=O)c2ccc(Cl)cc2)CC1. The number of carbonyl (C=O) groups excluding carboxylic acids is 2. The van der Waals surface area contributed by atoms with Gasteiger partial charge in [0.05, 0.1) is 6.10 Å². The van der Waals surface area contributed by atoms with Gasteiger partial charge in [-0.2, -0.15) is 0 Å². The van der Waals surface area contributed by atoms with E-state index in [1.54, 1.807) is 18.2 Å². The summed E-state index contributed by atoms with van der Waals surface area (Å²) >= 11 is 5.97. The first-order valence-corrected chi connectivity index (χ1v) is 15.6. The predicted molar refractivity (Wildman–Crippen MR) is 170 cm³/mol. The highest BCUT2D eigenvalue weighted by Crippen LogP contribution is 2.33. The number of fused-ring (bicyclic) bond motifs is 1. The van der Waals surface area contributed by atoms with E-state index in [-0.39, 0.29) is 17.7 Å². The molecule has 3 nitrogen and oxygen atoms in total. The Labute approximate surface area is 248 Å². The summed E-state index contributed by atoms with van der Waals surface area (Å²) in [6, 6.07) is 15.6. The van der Waals surface area contributed by atoms with Crippen molar-refractivity contribution >= 4 is 46.6 Å². The molecule has 0 N–H and O–H groups in total. The number of ether oxygens (including phenoxy) is 1. The molecule has 3 aromatic carbocycles. The fourth-order valence-electron chi connectivity index (χ4n) is 6.43. The minimum atomic E-state index is 0.0516. The maximum atomic E-state index is 13.0. The summed E-state index contributed by atoms with van der Waals surface area (Å²) in [6.45, 7) is 7.20. The van der Waals surface area contributed by atoms with E-state index in [9.17, 15) is 9.59 Å². The second-order valence-electron chi connectivity index (χ2n) is 12.0. The zero-order valence-electron chi connectivity index (χ0n) is 24.2. The molecule has 41 heavy (non-hydrogen) atoms. The van der Waals surface area contributed by atoms with Crippen LogP contribution < -0.4 is 10.4 Å². The molecule has 1 saturated carbocycles. The van der Waals surface area contributed by atoms with Gasteiger partial charge in [-0.3, -0.25) is 9.59 Å². The van der Waals surface area contributed by atoms with Gasteiger partial charge >= 0.3 is 0 Å². The minimum Gasteiger partial charge on any atom is -0.378 e. The third-order valence-corrected chi connectivity index (χ3v) is 9.29. The van der Waals surface area contributed by atoms with Crippen LogP contribution in [-0.4, -0.2) is 24.3 Å². The van der Waals surface area contributed by atoms with Crippen molar-refractivity contribution in [1.82, 2.24) is 0 Å². The number of benzene rings is 3. The van der Waals surface area contributed by atoms with Crippen LogP contribution in [-0.2, 0) is 4.74 Å². The van der Waals surface area contributed by atoms with E-state index in [2.05, 4.69) is 24.8 Å². The maximum absolute atomic E-state index is 13.0. The fraction of sp³-hybridized carbons (Fsp3) is 0.405. The Morgan fingerprint density at radius 1 is 0.951 bits per heavy atom. The quantitative estimate of drug-likeness (QED) is 0.193. The number of hydrogen-bond donors (Lipinski definition) is 0. The number of aryl methyl sites for hydroxylation is 1. The molecule has 0 aromatic heterocycles. The van der Waals surface area contributed by atoms with Crippen LogP contribution in [0, 0.1) is 18.8 Å². The molecule has 2 aliphatic rings. The largest absolute Gasteiger partial charge is 0.378 e. The molecule has 1 aliphatic carbocycles. The molecule has 1 atom stereocenters. The molecular weight excluding hydrogens is 528 g/mol. The summed E-state index contributed by atoms with van der Waals surface area (Å²) < 4.78 is 5.79. The average Bonchev–Trinajstić information content (AvgIpc) is 2.98. The fourth-order valence-corrected chi connectivity index (χ4v) is 6.56. The first kappa shape index (κ1) is 29.5. The highest BCUT2D eigenvalue weighted by molar-refractivity contribution is 6.30. The Kier molecular flexibility index (Phi) is 9.90. The van der Waals surface area contributed by atoms with Gasteiger partial charge < -0.3 is 4.74 Å². The van der Waals surface area contributed by atoms with Gasteiger partial charge in [0.15, 0.2) is 11.6 Å². The van der Waals surface area contributed by atoms with E-state index in [4.69, 9.17) is 16.3 Å². The summed E-state index contributed by atoms with van der Waals surface area (Å²) in [5.74, 6) is 1.35. The summed E-state index contributed by atoms with van der Waals surface area (Å²) in [7, 11) is 0. The van der Waals surface area contributed by atoms with Crippen molar-refractivity contribution in [2.24, 2.45) is 11.8 Å². The molecular formula is C37H41ClO3. The standard InChI is InChI=1S/C37H41ClO3/c1-25-22-31-17-20-34(36(39)8-5-7-33-6-3-4-21-41-33)26(2)35(31)24-30(25)14-13-27-9-11-28(12-10-27)23-37(40)29-15-18-32(38)19-16-29/h5,8,14-20,22,24,27-28,33H,1,3-4,6-7,9-13,21,23H2,2H3/b8-5+,30-14?. The number of allylic oxidation sites excluding steroid dienone is 1. The van der Waals surface area contributed by atoms with Crippen LogP contribution >= 0.6 is 11.6 Å². The predicted octanol–water partition coefficient (Wildman–Crippen LogP) is 8.16. The van der Waals surface area contributed by atoms with Gasteiger partial charge in [0, 0.05) is 29.2 Å². The van der Waals surface area contributed by atoms with Crippen molar-refractivity contribution in [2.75, 3.05) is 6.61 Å². The molecule has 0 spiro atoms. The van der Waals surface area contributed by atoms with Gasteiger partial charge in [0.25, 0.3) is 0 Å². The number of hydrogen-bond acceptors (Lipinski definition) is 3. The third kappa shape index (κ3) is 7.64. The number of ketones is 2. The smallest absolute Gasteiger partial charge is 0.185 e. The van der Waals surface area contributed by atoms with Gasteiger partial charge in [-0.1, -0.05) is 42.5 Å². The summed E-state index contributed by atoms with van der Waals surface area (Å²) in [5.41, 5.74) is 2.54. The Morgan fingerprint density at radius 3 is 2.44 bits per heavy atom. The second kappa shape index (κ2) is 13.8. The van der Waals surface area contributed by atoms with Crippen LogP contribution in [0.15, 0.2) is 60.7 Å². The normalized spacial score (nSPS) is 21.9. The van der Waals surface area contributed by atoms with Crippen molar-refractivity contribution in [3.63, 3.8) is 0 Å². The van der Waals surface area contributed by atoms with Gasteiger partial charge in [0.1, 0.15) is 0 Å². The molecule has 1 unspecified atom stereocenters. The number of rotatable bonds is 9. The zero-order valence-corrected chi connectivity index (χ0v) is 24.9. The lowest BCUT2D eigenvalue weighted by Crippen LogP contribution is -2.24. The lowest BCUT2D eigenvalue weighted by atomic mass is 9.78. The van der Waals surface area contributed by atoms with E-state index in [0.717, 1.165) is 95.9 Å². The molecule has 3 aromatic rings. The first-order chi connectivity index (χ1) is 19.9. The molecule has 0 bridgehead atoms. The molecule has 1 saturated heterocycles. The monoisotopic (exact) mass is 568 g/mol. The van der Waals surface area contributed by atoms with Crippen molar-refractivity contribution in [3.05, 3.63) is 92.8 Å². The summed E-state index contributed by atoms with van der Waals surface area (Å²) in [5, 5.41) is 5.06. The summed E-state index contributed by atoms with van der Waals surface area (Å²) in [4.78, 5) is 25.7. The van der Waals surface area contributed by atoms with Crippen LogP contribution in [0.2, 0.25) is 5.02 Å². The van der Waals surface area contributed by atoms with Crippen LogP contribution in [0.3, 0.4) is 0 Å². The van der Waals surface area contributed by atoms with Gasteiger partial charge in [-0.05, 0) is 146 Å². The third-order valence-electron chi connectivity index (χ3n) is 9.03. The van der Waals surface area contributed by atoms with E-state index in [0.29, 0.717) is 23.3 Å². The molecule has 1 heterocycles. The Balaban J connectivity index is 1.21. The number of halogens is 1. The van der Waals surface area contributed by atoms with Crippen molar-refractivity contribution < 1.29 is 14.3 Å².